The van der Waals surface area contributed by atoms with E-state index in [0.717, 1.165) is 4.90 Å². The summed E-state index contributed by atoms with van der Waals surface area (Å²) in [7, 11) is 1.44. The second-order valence-electron chi connectivity index (χ2n) is 4.50. The van der Waals surface area contributed by atoms with Crippen LogP contribution in [0.2, 0.25) is 0 Å². The maximum absolute atomic E-state index is 11.7. The number of halogens is 1. The van der Waals surface area contributed by atoms with Crippen molar-refractivity contribution in [2.45, 2.75) is 19.0 Å². The molecule has 1 atom stereocenters. The van der Waals surface area contributed by atoms with E-state index in [1.165, 1.54) is 19.2 Å². The van der Waals surface area contributed by atoms with E-state index < -0.39 is 11.0 Å². The minimum atomic E-state index is -0.564. The molecule has 1 heterocycles. The molecule has 20 heavy (non-hydrogen) atoms. The summed E-state index contributed by atoms with van der Waals surface area (Å²) < 4.78 is 0.592. The van der Waals surface area contributed by atoms with Crippen molar-refractivity contribution in [3.63, 3.8) is 0 Å². The van der Waals surface area contributed by atoms with Crippen LogP contribution in [-0.2, 0) is 16.1 Å². The zero-order chi connectivity index (χ0) is 14.9. The van der Waals surface area contributed by atoms with Crippen molar-refractivity contribution >= 4 is 33.4 Å². The first kappa shape index (κ1) is 14.6. The standard InChI is InChI=1S/C12H12BrN3O4/c1-15-11(17)5-10(12(15)18)14-6-7-2-8(13)4-9(3-7)16(19)20/h2-4,10,14H,5-6H2,1H3. The summed E-state index contributed by atoms with van der Waals surface area (Å²) in [4.78, 5) is 34.4. The first-order chi connectivity index (χ1) is 9.38. The Kier molecular flexibility index (Phi) is 4.15. The van der Waals surface area contributed by atoms with E-state index in [1.807, 2.05) is 0 Å². The molecule has 1 aliphatic heterocycles. The Morgan fingerprint density at radius 1 is 1.45 bits per heavy atom. The summed E-state index contributed by atoms with van der Waals surface area (Å²) >= 11 is 3.20. The van der Waals surface area contributed by atoms with Gasteiger partial charge in [-0.2, -0.15) is 0 Å². The fraction of sp³-hybridized carbons (Fsp3) is 0.333. The van der Waals surface area contributed by atoms with Crippen molar-refractivity contribution in [1.29, 1.82) is 0 Å². The molecule has 2 rings (SSSR count). The van der Waals surface area contributed by atoms with Crippen molar-refractivity contribution < 1.29 is 14.5 Å². The van der Waals surface area contributed by atoms with E-state index >= 15 is 0 Å². The molecular formula is C12H12BrN3O4. The van der Waals surface area contributed by atoms with Crippen molar-refractivity contribution in [3.8, 4) is 0 Å². The van der Waals surface area contributed by atoms with E-state index in [-0.39, 0.29) is 30.5 Å². The molecule has 1 fully saturated rings. The number of likely N-dealkylation sites (tertiary alicyclic amines) is 1. The van der Waals surface area contributed by atoms with Gasteiger partial charge in [-0.1, -0.05) is 15.9 Å². The minimum absolute atomic E-state index is 0.0258. The number of nitrogens with one attached hydrogen (secondary N) is 1. The van der Waals surface area contributed by atoms with Crippen LogP contribution >= 0.6 is 15.9 Å². The molecule has 106 valence electrons. The zero-order valence-electron chi connectivity index (χ0n) is 10.6. The number of benzene rings is 1. The van der Waals surface area contributed by atoms with Gasteiger partial charge in [0.1, 0.15) is 0 Å². The summed E-state index contributed by atoms with van der Waals surface area (Å²) in [6.45, 7) is 0.276. The monoisotopic (exact) mass is 341 g/mol. The lowest BCUT2D eigenvalue weighted by Gasteiger charge is -2.11. The number of nitrogens with zero attached hydrogens (tertiary/aromatic N) is 2. The number of nitro groups is 1. The van der Waals surface area contributed by atoms with Crippen LogP contribution in [0.5, 0.6) is 0 Å². The molecule has 8 heteroatoms. The number of non-ortho nitro benzene ring substituents is 1. The van der Waals surface area contributed by atoms with Gasteiger partial charge in [-0.3, -0.25) is 24.6 Å². The zero-order valence-corrected chi connectivity index (χ0v) is 12.2. The second-order valence-corrected chi connectivity index (χ2v) is 5.42. The summed E-state index contributed by atoms with van der Waals surface area (Å²) in [5, 5.41) is 13.7. The molecule has 0 aromatic heterocycles. The van der Waals surface area contributed by atoms with Gasteiger partial charge in [0.05, 0.1) is 17.4 Å². The second kappa shape index (κ2) is 5.68. The third-order valence-corrected chi connectivity index (χ3v) is 3.55. The number of likely N-dealkylation sites (N-methyl/N-ethyl adjacent to an activating group) is 1. The molecule has 0 bridgehead atoms. The molecule has 0 spiro atoms. The van der Waals surface area contributed by atoms with Crippen LogP contribution in [0.15, 0.2) is 22.7 Å². The van der Waals surface area contributed by atoms with Crippen LogP contribution in [-0.4, -0.2) is 34.7 Å². The smallest absolute Gasteiger partial charge is 0.270 e. The van der Waals surface area contributed by atoms with Gasteiger partial charge < -0.3 is 5.32 Å². The fourth-order valence-electron chi connectivity index (χ4n) is 2.00. The topological polar surface area (TPSA) is 92.6 Å². The molecule has 0 saturated carbocycles. The molecule has 2 amide bonds. The minimum Gasteiger partial charge on any atom is -0.301 e. The van der Waals surface area contributed by atoms with E-state index in [4.69, 9.17) is 0 Å². The van der Waals surface area contributed by atoms with Gasteiger partial charge in [0.15, 0.2) is 0 Å². The Bertz CT molecular complexity index is 590. The maximum Gasteiger partial charge on any atom is 0.270 e. The van der Waals surface area contributed by atoms with Crippen LogP contribution in [0.3, 0.4) is 0 Å². The molecule has 1 aliphatic rings. The molecule has 1 aromatic rings. The number of hydrogen-bond donors (Lipinski definition) is 1. The summed E-state index contributed by atoms with van der Waals surface area (Å²) in [6, 6.07) is 4.00. The molecule has 7 nitrogen and oxygen atoms in total. The van der Waals surface area contributed by atoms with E-state index in [0.29, 0.717) is 10.0 Å². The molecular weight excluding hydrogens is 330 g/mol. The fourth-order valence-corrected chi connectivity index (χ4v) is 2.53. The summed E-state index contributed by atoms with van der Waals surface area (Å²) in [5.41, 5.74) is 0.642. The van der Waals surface area contributed by atoms with Crippen molar-refractivity contribution in [3.05, 3.63) is 38.3 Å². The van der Waals surface area contributed by atoms with Gasteiger partial charge in [-0.05, 0) is 11.6 Å². The lowest BCUT2D eigenvalue weighted by molar-refractivity contribution is -0.385. The highest BCUT2D eigenvalue weighted by atomic mass is 79.9. The number of hydrogen-bond acceptors (Lipinski definition) is 5. The van der Waals surface area contributed by atoms with E-state index in [1.54, 1.807) is 6.07 Å². The number of rotatable bonds is 4. The highest BCUT2D eigenvalue weighted by Crippen LogP contribution is 2.21. The number of carbonyl (C=O) groups excluding carboxylic acids is 2. The Labute approximate surface area is 123 Å². The maximum atomic E-state index is 11.7. The lowest BCUT2D eigenvalue weighted by atomic mass is 10.1. The van der Waals surface area contributed by atoms with Crippen LogP contribution in [0.1, 0.15) is 12.0 Å². The molecule has 1 saturated heterocycles. The number of carbonyl (C=O) groups is 2. The number of nitro benzene ring substituents is 1. The van der Waals surface area contributed by atoms with Gasteiger partial charge >= 0.3 is 0 Å². The average molecular weight is 342 g/mol. The van der Waals surface area contributed by atoms with Gasteiger partial charge in [-0.25, -0.2) is 0 Å². The normalized spacial score (nSPS) is 18.7. The summed E-state index contributed by atoms with van der Waals surface area (Å²) in [6.07, 6.45) is 0.116. The third kappa shape index (κ3) is 3.02. The van der Waals surface area contributed by atoms with Gasteiger partial charge in [0, 0.05) is 30.2 Å². The van der Waals surface area contributed by atoms with Crippen LogP contribution in [0.25, 0.3) is 0 Å². The third-order valence-electron chi connectivity index (χ3n) is 3.09. The van der Waals surface area contributed by atoms with Crippen LogP contribution < -0.4 is 5.32 Å². The largest absolute Gasteiger partial charge is 0.301 e. The molecule has 1 unspecified atom stereocenters. The van der Waals surface area contributed by atoms with Crippen molar-refractivity contribution in [2.24, 2.45) is 0 Å². The van der Waals surface area contributed by atoms with Gasteiger partial charge in [0.25, 0.3) is 5.69 Å². The molecule has 0 aliphatic carbocycles. The Hall–Kier alpha value is -1.80. The predicted octanol–water partition coefficient (Wildman–Crippen LogP) is 1.20. The highest BCUT2D eigenvalue weighted by Gasteiger charge is 2.35. The predicted molar refractivity (Wildman–Crippen MR) is 73.8 cm³/mol. The lowest BCUT2D eigenvalue weighted by Crippen LogP contribution is -2.36. The first-order valence-corrected chi connectivity index (χ1v) is 6.65. The number of imide groups is 1. The van der Waals surface area contributed by atoms with Crippen molar-refractivity contribution in [1.82, 2.24) is 10.2 Å². The van der Waals surface area contributed by atoms with Gasteiger partial charge in [0.2, 0.25) is 11.8 Å². The first-order valence-electron chi connectivity index (χ1n) is 5.86. The molecule has 1 aromatic carbocycles. The van der Waals surface area contributed by atoms with Crippen molar-refractivity contribution in [2.75, 3.05) is 7.05 Å². The van der Waals surface area contributed by atoms with Crippen LogP contribution in [0, 0.1) is 10.1 Å². The molecule has 0 radical (unpaired) electrons. The molecule has 1 N–H and O–H groups in total. The number of amides is 2. The Balaban J connectivity index is 2.06. The Morgan fingerprint density at radius 2 is 2.15 bits per heavy atom. The SMILES string of the molecule is CN1C(=O)CC(NCc2cc(Br)cc([N+](=O)[O-])c2)C1=O. The highest BCUT2D eigenvalue weighted by molar-refractivity contribution is 9.10. The Morgan fingerprint density at radius 3 is 2.70 bits per heavy atom. The van der Waals surface area contributed by atoms with Gasteiger partial charge in [-0.15, -0.1) is 0 Å². The van der Waals surface area contributed by atoms with E-state index in [9.17, 15) is 19.7 Å². The average Bonchev–Trinajstić information content (AvgIpc) is 2.63. The quantitative estimate of drug-likeness (QED) is 0.504. The van der Waals surface area contributed by atoms with Crippen LogP contribution in [0.4, 0.5) is 5.69 Å². The van der Waals surface area contributed by atoms with E-state index in [2.05, 4.69) is 21.2 Å². The summed E-state index contributed by atoms with van der Waals surface area (Å²) in [5.74, 6) is -0.507.